The molecule has 2 rings (SSSR count). The average Bonchev–Trinajstić information content (AvgIpc) is 2.77. The number of rotatable bonds is 9. The van der Waals surface area contributed by atoms with E-state index in [1.54, 1.807) is 31.7 Å². The molecule has 208 valence electrons. The summed E-state index contributed by atoms with van der Waals surface area (Å²) in [5.41, 5.74) is 2.14. The smallest absolute Gasteiger partial charge is 0.408 e. The zero-order chi connectivity index (χ0) is 28.8. The van der Waals surface area contributed by atoms with E-state index in [1.165, 1.54) is 0 Å². The van der Waals surface area contributed by atoms with Crippen LogP contribution in [0.15, 0.2) is 42.5 Å². The van der Waals surface area contributed by atoms with Gasteiger partial charge >= 0.3 is 6.09 Å². The number of nitrogens with zero attached hydrogens (tertiary/aromatic N) is 1. The second kappa shape index (κ2) is 13.1. The lowest BCUT2D eigenvalue weighted by Crippen LogP contribution is -2.54. The average molecular weight is 544 g/mol. The molecule has 7 nitrogen and oxygen atoms in total. The Labute approximate surface area is 232 Å². The van der Waals surface area contributed by atoms with Crippen molar-refractivity contribution in [2.45, 2.75) is 92.5 Å². The topological polar surface area (TPSA) is 87.7 Å². The fraction of sp³-hybridized carbons (Fsp3) is 0.500. The number of ether oxygens (including phenoxy) is 1. The Morgan fingerprint density at radius 2 is 1.55 bits per heavy atom. The normalized spacial score (nSPS) is 13.2. The summed E-state index contributed by atoms with van der Waals surface area (Å²) in [4.78, 5) is 42.4. The highest BCUT2D eigenvalue weighted by molar-refractivity contribution is 6.34. The van der Waals surface area contributed by atoms with Crippen molar-refractivity contribution >= 4 is 35.2 Å². The summed E-state index contributed by atoms with van der Waals surface area (Å²) in [7, 11) is 0. The fourth-order valence-corrected chi connectivity index (χ4v) is 4.56. The van der Waals surface area contributed by atoms with Crippen molar-refractivity contribution in [3.05, 3.63) is 64.2 Å². The summed E-state index contributed by atoms with van der Waals surface area (Å²) in [6.07, 6.45) is -0.295. The molecule has 2 aromatic carbocycles. The molecule has 2 unspecified atom stereocenters. The van der Waals surface area contributed by atoms with E-state index in [4.69, 9.17) is 16.3 Å². The van der Waals surface area contributed by atoms with Crippen LogP contribution in [0.3, 0.4) is 0 Å². The van der Waals surface area contributed by atoms with Crippen molar-refractivity contribution in [1.82, 2.24) is 10.2 Å². The Bertz CT molecular complexity index is 1120. The number of halogens is 1. The van der Waals surface area contributed by atoms with Gasteiger partial charge in [-0.3, -0.25) is 9.59 Å². The van der Waals surface area contributed by atoms with E-state index in [0.29, 0.717) is 22.7 Å². The van der Waals surface area contributed by atoms with Gasteiger partial charge in [0.25, 0.3) is 5.91 Å². The summed E-state index contributed by atoms with van der Waals surface area (Å²) >= 11 is 6.42. The monoisotopic (exact) mass is 543 g/mol. The van der Waals surface area contributed by atoms with Crippen LogP contribution in [-0.4, -0.2) is 40.5 Å². The number of benzene rings is 2. The highest BCUT2D eigenvalue weighted by atomic mass is 35.5. The molecule has 0 spiro atoms. The van der Waals surface area contributed by atoms with E-state index in [2.05, 4.69) is 10.6 Å². The van der Waals surface area contributed by atoms with Crippen LogP contribution in [0.2, 0.25) is 5.02 Å². The minimum atomic E-state index is -0.963. The zero-order valence-electron chi connectivity index (χ0n) is 24.0. The van der Waals surface area contributed by atoms with Gasteiger partial charge in [0, 0.05) is 6.04 Å². The van der Waals surface area contributed by atoms with Gasteiger partial charge < -0.3 is 20.3 Å². The number of nitrogens with one attached hydrogen (secondary N) is 2. The molecule has 0 bridgehead atoms. The van der Waals surface area contributed by atoms with Crippen LogP contribution in [0, 0.1) is 19.8 Å². The van der Waals surface area contributed by atoms with Crippen LogP contribution in [0.25, 0.3) is 0 Å². The molecule has 0 aliphatic carbocycles. The first kappa shape index (κ1) is 31.2. The predicted octanol–water partition coefficient (Wildman–Crippen LogP) is 6.81. The second-order valence-electron chi connectivity index (χ2n) is 11.3. The van der Waals surface area contributed by atoms with Crippen molar-refractivity contribution in [2.24, 2.45) is 5.92 Å². The van der Waals surface area contributed by atoms with Gasteiger partial charge in [0.2, 0.25) is 5.91 Å². The van der Waals surface area contributed by atoms with Gasteiger partial charge in [-0.25, -0.2) is 4.79 Å². The van der Waals surface area contributed by atoms with Crippen LogP contribution >= 0.6 is 11.6 Å². The molecular formula is C30H42ClN3O4. The molecule has 38 heavy (non-hydrogen) atoms. The molecule has 2 aromatic rings. The molecular weight excluding hydrogens is 502 g/mol. The predicted molar refractivity (Wildman–Crippen MR) is 153 cm³/mol. The molecule has 0 saturated carbocycles. The highest BCUT2D eigenvalue weighted by Crippen LogP contribution is 2.32. The molecule has 0 radical (unpaired) electrons. The maximum atomic E-state index is 14.2. The minimum absolute atomic E-state index is 0.101. The Morgan fingerprint density at radius 3 is 2.08 bits per heavy atom. The summed E-state index contributed by atoms with van der Waals surface area (Å²) in [5, 5.41) is 6.14. The first-order valence-corrected chi connectivity index (χ1v) is 13.4. The van der Waals surface area contributed by atoms with Gasteiger partial charge in [-0.15, -0.1) is 0 Å². The lowest BCUT2D eigenvalue weighted by Gasteiger charge is -2.38. The molecule has 0 fully saturated rings. The minimum Gasteiger partial charge on any atom is -0.444 e. The SMILES string of the molecule is Cc1ccccc1C(C(=O)Nc1c(C)cccc1Cl)N(C(=O)C(CC(C)C)NC(=O)OC(C)(C)C)C(C)C. The maximum absolute atomic E-state index is 14.2. The Hall–Kier alpha value is -3.06. The second-order valence-corrected chi connectivity index (χ2v) is 11.8. The number of carbonyl (C=O) groups is 3. The summed E-state index contributed by atoms with van der Waals surface area (Å²) in [6.45, 7) is 16.7. The van der Waals surface area contributed by atoms with Crippen molar-refractivity contribution in [3.8, 4) is 0 Å². The molecule has 8 heteroatoms. The molecule has 0 heterocycles. The van der Waals surface area contributed by atoms with Gasteiger partial charge in [0.15, 0.2) is 0 Å². The first-order chi connectivity index (χ1) is 17.6. The summed E-state index contributed by atoms with van der Waals surface area (Å²) in [6, 6.07) is 10.7. The third-order valence-corrected chi connectivity index (χ3v) is 6.30. The molecule has 0 aliphatic rings. The lowest BCUT2D eigenvalue weighted by molar-refractivity contribution is -0.143. The largest absolute Gasteiger partial charge is 0.444 e. The molecule has 2 atom stereocenters. The number of carbonyl (C=O) groups excluding carboxylic acids is 3. The Kier molecular flexibility index (Phi) is 10.8. The van der Waals surface area contributed by atoms with Crippen molar-refractivity contribution in [1.29, 1.82) is 0 Å². The summed E-state index contributed by atoms with van der Waals surface area (Å²) in [5.74, 6) is -0.652. The number of hydrogen-bond acceptors (Lipinski definition) is 4. The van der Waals surface area contributed by atoms with Crippen LogP contribution in [0.5, 0.6) is 0 Å². The third-order valence-electron chi connectivity index (χ3n) is 5.99. The first-order valence-electron chi connectivity index (χ1n) is 13.1. The number of para-hydroxylation sites is 1. The van der Waals surface area contributed by atoms with Crippen LogP contribution in [0.1, 0.15) is 77.6 Å². The van der Waals surface area contributed by atoms with Gasteiger partial charge in [-0.2, -0.15) is 0 Å². The van der Waals surface area contributed by atoms with Gasteiger partial charge in [-0.05, 0) is 83.6 Å². The Balaban J connectivity index is 2.57. The van der Waals surface area contributed by atoms with Crippen LogP contribution < -0.4 is 10.6 Å². The molecule has 0 saturated heterocycles. The number of amides is 3. The molecule has 0 aromatic heterocycles. The standard InChI is InChI=1S/C30H42ClN3O4/c1-18(2)17-24(32-29(37)38-30(7,8)9)28(36)34(19(3)4)26(22-15-11-10-13-20(22)5)27(35)33-25-21(6)14-12-16-23(25)31/h10-16,18-19,24,26H,17H2,1-9H3,(H,32,37)(H,33,35). The van der Waals surface area contributed by atoms with Crippen molar-refractivity contribution in [2.75, 3.05) is 5.32 Å². The van der Waals surface area contributed by atoms with Crippen LogP contribution in [0.4, 0.5) is 10.5 Å². The van der Waals surface area contributed by atoms with Crippen molar-refractivity contribution < 1.29 is 19.1 Å². The summed E-state index contributed by atoms with van der Waals surface area (Å²) < 4.78 is 5.44. The van der Waals surface area contributed by atoms with Gasteiger partial charge in [0.1, 0.15) is 17.7 Å². The molecule has 0 aliphatic heterocycles. The maximum Gasteiger partial charge on any atom is 0.408 e. The number of hydrogen-bond donors (Lipinski definition) is 2. The number of aryl methyl sites for hydroxylation is 2. The fourth-order valence-electron chi connectivity index (χ4n) is 4.30. The van der Waals surface area contributed by atoms with Gasteiger partial charge in [-0.1, -0.05) is 61.8 Å². The van der Waals surface area contributed by atoms with Crippen LogP contribution in [-0.2, 0) is 14.3 Å². The van der Waals surface area contributed by atoms with E-state index in [1.807, 2.05) is 77.9 Å². The lowest BCUT2D eigenvalue weighted by atomic mass is 9.95. The van der Waals surface area contributed by atoms with Crippen molar-refractivity contribution in [3.63, 3.8) is 0 Å². The van der Waals surface area contributed by atoms with E-state index >= 15 is 0 Å². The molecule has 3 amide bonds. The number of alkyl carbamates (subject to hydrolysis) is 1. The third kappa shape index (κ3) is 8.48. The van der Waals surface area contributed by atoms with E-state index in [-0.39, 0.29) is 17.9 Å². The molecule has 2 N–H and O–H groups in total. The zero-order valence-corrected chi connectivity index (χ0v) is 24.8. The quantitative estimate of drug-likeness (QED) is 0.363. The van der Waals surface area contributed by atoms with E-state index in [0.717, 1.165) is 11.1 Å². The van der Waals surface area contributed by atoms with Gasteiger partial charge in [0.05, 0.1) is 10.7 Å². The van der Waals surface area contributed by atoms with E-state index < -0.39 is 29.7 Å². The highest BCUT2D eigenvalue weighted by Gasteiger charge is 2.38. The number of anilines is 1. The van der Waals surface area contributed by atoms with E-state index in [9.17, 15) is 14.4 Å². The Morgan fingerprint density at radius 1 is 0.947 bits per heavy atom.